The lowest BCUT2D eigenvalue weighted by molar-refractivity contribution is -0.142. The number of carbonyl (C=O) groups excluding carboxylic acids is 1. The summed E-state index contributed by atoms with van der Waals surface area (Å²) in [4.78, 5) is 19.3. The number of alkyl halides is 3. The molecular weight excluding hydrogens is 393 g/mol. The van der Waals surface area contributed by atoms with Gasteiger partial charge < -0.3 is 4.90 Å². The summed E-state index contributed by atoms with van der Waals surface area (Å²) in [5.41, 5.74) is 1.75. The first kappa shape index (κ1) is 19.1. The number of carbonyl (C=O) groups is 1. The lowest BCUT2D eigenvalue weighted by Gasteiger charge is -2.24. The highest BCUT2D eigenvalue weighted by Gasteiger charge is 2.38. The van der Waals surface area contributed by atoms with Gasteiger partial charge in [0, 0.05) is 24.2 Å². The number of likely N-dealkylation sites (tertiary alicyclic amines) is 1. The van der Waals surface area contributed by atoms with Crippen LogP contribution in [0, 0.1) is 6.92 Å². The largest absolute Gasteiger partial charge is 0.433 e. The Balaban J connectivity index is 1.53. The van der Waals surface area contributed by atoms with Crippen molar-refractivity contribution in [3.05, 3.63) is 64.6 Å². The molecule has 0 N–H and O–H groups in total. The maximum Gasteiger partial charge on any atom is 0.433 e. The Morgan fingerprint density at radius 1 is 1.13 bits per heavy atom. The van der Waals surface area contributed by atoms with E-state index in [1.54, 1.807) is 4.90 Å². The number of fused-ring (bicyclic) bond motifs is 1. The second kappa shape index (κ2) is 6.82. The zero-order chi connectivity index (χ0) is 21.0. The minimum atomic E-state index is -4.57. The Bertz CT molecular complexity index is 1130. The van der Waals surface area contributed by atoms with Crippen LogP contribution < -0.4 is 0 Å². The molecule has 5 nitrogen and oxygen atoms in total. The summed E-state index contributed by atoms with van der Waals surface area (Å²) < 4.78 is 41.7. The molecule has 1 aliphatic heterocycles. The van der Waals surface area contributed by atoms with Crippen molar-refractivity contribution in [1.29, 1.82) is 0 Å². The van der Waals surface area contributed by atoms with Gasteiger partial charge in [0.2, 0.25) is 0 Å². The van der Waals surface area contributed by atoms with E-state index in [1.807, 2.05) is 31.2 Å². The predicted molar refractivity (Wildman–Crippen MR) is 104 cm³/mol. The number of halogens is 3. The summed E-state index contributed by atoms with van der Waals surface area (Å²) in [6, 6.07) is 10.3. The number of aryl methyl sites for hydroxylation is 1. The molecule has 3 heterocycles. The van der Waals surface area contributed by atoms with E-state index in [1.165, 1.54) is 6.07 Å². The van der Waals surface area contributed by atoms with Gasteiger partial charge in [-0.15, -0.1) is 0 Å². The fraction of sp³-hybridized carbons (Fsp3) is 0.409. The van der Waals surface area contributed by atoms with Gasteiger partial charge in [0.25, 0.3) is 5.91 Å². The highest BCUT2D eigenvalue weighted by molar-refractivity contribution is 5.93. The Morgan fingerprint density at radius 3 is 2.63 bits per heavy atom. The average molecular weight is 414 g/mol. The number of amides is 1. The van der Waals surface area contributed by atoms with Crippen molar-refractivity contribution in [1.82, 2.24) is 19.5 Å². The molecule has 1 amide bonds. The Labute approximate surface area is 171 Å². The first-order valence-corrected chi connectivity index (χ1v) is 10.2. The Morgan fingerprint density at radius 2 is 1.93 bits per heavy atom. The minimum Gasteiger partial charge on any atom is -0.330 e. The molecule has 8 heteroatoms. The van der Waals surface area contributed by atoms with Gasteiger partial charge in [-0.2, -0.15) is 18.3 Å². The summed E-state index contributed by atoms with van der Waals surface area (Å²) in [6.07, 6.45) is -1.23. The van der Waals surface area contributed by atoms with Crippen molar-refractivity contribution in [3.63, 3.8) is 0 Å². The van der Waals surface area contributed by atoms with Crippen LogP contribution in [0.25, 0.3) is 5.65 Å². The van der Waals surface area contributed by atoms with Crippen molar-refractivity contribution in [2.24, 2.45) is 0 Å². The zero-order valence-corrected chi connectivity index (χ0v) is 16.5. The molecular formula is C22H21F3N4O. The summed E-state index contributed by atoms with van der Waals surface area (Å²) in [5.74, 6) is -0.292. The lowest BCUT2D eigenvalue weighted by atomic mass is 10.0. The van der Waals surface area contributed by atoms with Crippen LogP contribution in [0.4, 0.5) is 13.2 Å². The van der Waals surface area contributed by atoms with Gasteiger partial charge in [0.1, 0.15) is 5.69 Å². The molecule has 1 saturated heterocycles. The van der Waals surface area contributed by atoms with Crippen molar-refractivity contribution in [2.45, 2.75) is 50.7 Å². The minimum absolute atomic E-state index is 0.000463. The van der Waals surface area contributed by atoms with Crippen LogP contribution in [0.5, 0.6) is 0 Å². The Hall–Kier alpha value is -2.90. The third-order valence-corrected chi connectivity index (χ3v) is 5.89. The number of rotatable bonds is 3. The van der Waals surface area contributed by atoms with Crippen LogP contribution in [0.1, 0.15) is 70.6 Å². The predicted octanol–water partition coefficient (Wildman–Crippen LogP) is 4.91. The first-order chi connectivity index (χ1) is 14.3. The van der Waals surface area contributed by atoms with Gasteiger partial charge >= 0.3 is 6.18 Å². The van der Waals surface area contributed by atoms with Crippen molar-refractivity contribution >= 4 is 11.6 Å². The second-order valence-corrected chi connectivity index (χ2v) is 8.21. The van der Waals surface area contributed by atoms with Gasteiger partial charge in [0.05, 0.1) is 6.04 Å². The number of hydrogen-bond donors (Lipinski definition) is 0. The van der Waals surface area contributed by atoms with Crippen LogP contribution in [-0.4, -0.2) is 31.9 Å². The van der Waals surface area contributed by atoms with Gasteiger partial charge in [-0.1, -0.05) is 29.8 Å². The quantitative estimate of drug-likeness (QED) is 0.612. The number of aromatic nitrogens is 3. The molecule has 0 spiro atoms. The summed E-state index contributed by atoms with van der Waals surface area (Å²) in [6.45, 7) is 2.55. The van der Waals surface area contributed by atoms with E-state index < -0.39 is 11.9 Å². The van der Waals surface area contributed by atoms with Crippen molar-refractivity contribution < 1.29 is 18.0 Å². The molecule has 2 aliphatic rings. The first-order valence-electron chi connectivity index (χ1n) is 10.2. The molecule has 0 unspecified atom stereocenters. The number of hydrogen-bond acceptors (Lipinski definition) is 3. The van der Waals surface area contributed by atoms with E-state index >= 15 is 0 Å². The third-order valence-electron chi connectivity index (χ3n) is 5.89. The van der Waals surface area contributed by atoms with E-state index in [0.717, 1.165) is 47.4 Å². The molecule has 2 aromatic heterocycles. The van der Waals surface area contributed by atoms with E-state index in [4.69, 9.17) is 0 Å². The van der Waals surface area contributed by atoms with Crippen LogP contribution in [-0.2, 0) is 6.18 Å². The van der Waals surface area contributed by atoms with E-state index in [9.17, 15) is 18.0 Å². The molecule has 1 aliphatic carbocycles. The maximum atomic E-state index is 13.6. The molecule has 3 aromatic rings. The third kappa shape index (κ3) is 3.34. The van der Waals surface area contributed by atoms with Gasteiger partial charge in [-0.25, -0.2) is 9.50 Å². The van der Waals surface area contributed by atoms with Crippen LogP contribution >= 0.6 is 0 Å². The van der Waals surface area contributed by atoms with Gasteiger partial charge in [-0.3, -0.25) is 4.79 Å². The molecule has 5 rings (SSSR count). The average Bonchev–Trinajstić information content (AvgIpc) is 3.27. The van der Waals surface area contributed by atoms with Gasteiger partial charge in [0.15, 0.2) is 11.3 Å². The summed E-state index contributed by atoms with van der Waals surface area (Å²) in [5, 5.41) is 4.03. The van der Waals surface area contributed by atoms with E-state index in [0.29, 0.717) is 12.2 Å². The van der Waals surface area contributed by atoms with Crippen molar-refractivity contribution in [3.8, 4) is 0 Å². The molecule has 30 heavy (non-hydrogen) atoms. The molecule has 0 radical (unpaired) electrons. The molecule has 1 saturated carbocycles. The van der Waals surface area contributed by atoms with Crippen molar-refractivity contribution in [2.75, 3.05) is 6.54 Å². The molecule has 156 valence electrons. The van der Waals surface area contributed by atoms with Crippen LogP contribution in [0.15, 0.2) is 36.4 Å². The topological polar surface area (TPSA) is 50.5 Å². The SMILES string of the molecule is Cc1cccc([C@H]2CCCN2C(=O)c2cc3nc(C4CC4)cc(C(F)(F)F)n3n2)c1. The maximum absolute atomic E-state index is 13.6. The monoisotopic (exact) mass is 414 g/mol. The van der Waals surface area contributed by atoms with E-state index in [2.05, 4.69) is 10.1 Å². The van der Waals surface area contributed by atoms with E-state index in [-0.39, 0.29) is 29.2 Å². The fourth-order valence-electron chi connectivity index (χ4n) is 4.27. The second-order valence-electron chi connectivity index (χ2n) is 8.21. The fourth-order valence-corrected chi connectivity index (χ4v) is 4.27. The molecule has 2 fully saturated rings. The molecule has 1 atom stereocenters. The standard InChI is InChI=1S/C22H21F3N4O/c1-13-4-2-5-15(10-13)18-6-3-9-28(18)21(30)17-12-20-26-16(14-7-8-14)11-19(22(23,24)25)29(20)27-17/h2,4-5,10-12,14,18H,3,6-9H2,1H3/t18-/m1/s1. The van der Waals surface area contributed by atoms with Crippen LogP contribution in [0.2, 0.25) is 0 Å². The Kier molecular flexibility index (Phi) is 4.34. The molecule has 0 bridgehead atoms. The van der Waals surface area contributed by atoms with Gasteiger partial charge in [-0.05, 0) is 44.2 Å². The summed E-state index contributed by atoms with van der Waals surface area (Å²) >= 11 is 0. The highest BCUT2D eigenvalue weighted by Crippen LogP contribution is 2.41. The molecule has 1 aromatic carbocycles. The number of nitrogens with zero attached hydrogens (tertiary/aromatic N) is 4. The normalized spacial score (nSPS) is 19.6. The smallest absolute Gasteiger partial charge is 0.330 e. The lowest BCUT2D eigenvalue weighted by Crippen LogP contribution is -2.31. The highest BCUT2D eigenvalue weighted by atomic mass is 19.4. The van der Waals surface area contributed by atoms with Crippen LogP contribution in [0.3, 0.4) is 0 Å². The number of benzene rings is 1. The zero-order valence-electron chi connectivity index (χ0n) is 16.5. The summed E-state index contributed by atoms with van der Waals surface area (Å²) in [7, 11) is 0.